The highest BCUT2D eigenvalue weighted by molar-refractivity contribution is 7.89. The summed E-state index contributed by atoms with van der Waals surface area (Å²) < 4.78 is 33.2. The third kappa shape index (κ3) is 5.10. The molecule has 1 aromatic heterocycles. The molecule has 164 valence electrons. The molecule has 3 aromatic rings. The molecule has 0 saturated carbocycles. The van der Waals surface area contributed by atoms with E-state index in [1.807, 2.05) is 45.0 Å². The molecular formula is C23H27N3O4S. The monoisotopic (exact) mass is 441 g/mol. The Kier molecular flexibility index (Phi) is 7.04. The number of rotatable bonds is 8. The largest absolute Gasteiger partial charge is 0.383 e. The molecule has 1 N–H and O–H groups in total. The molecule has 31 heavy (non-hydrogen) atoms. The number of benzene rings is 2. The molecule has 8 heteroatoms. The van der Waals surface area contributed by atoms with Crippen LogP contribution in [0.1, 0.15) is 16.7 Å². The average molecular weight is 442 g/mol. The Morgan fingerprint density at radius 1 is 1.13 bits per heavy atom. The first kappa shape index (κ1) is 22.9. The van der Waals surface area contributed by atoms with Gasteiger partial charge in [-0.05, 0) is 55.7 Å². The Bertz CT molecular complexity index is 1210. The summed E-state index contributed by atoms with van der Waals surface area (Å²) in [6.45, 7) is 5.63. The van der Waals surface area contributed by atoms with E-state index in [9.17, 15) is 13.2 Å². The Hall–Kier alpha value is -2.81. The van der Waals surface area contributed by atoms with Gasteiger partial charge < -0.3 is 10.1 Å². The molecule has 1 heterocycles. The number of methoxy groups -OCH3 is 1. The predicted molar refractivity (Wildman–Crippen MR) is 122 cm³/mol. The van der Waals surface area contributed by atoms with Crippen molar-refractivity contribution in [1.82, 2.24) is 9.29 Å². The molecule has 0 radical (unpaired) electrons. The smallest absolute Gasteiger partial charge is 0.245 e. The summed E-state index contributed by atoms with van der Waals surface area (Å²) in [5, 5.41) is 3.55. The number of amides is 1. The van der Waals surface area contributed by atoms with Crippen molar-refractivity contribution in [1.29, 1.82) is 0 Å². The molecule has 7 nitrogen and oxygen atoms in total. The number of fused-ring (bicyclic) bond motifs is 1. The van der Waals surface area contributed by atoms with Crippen LogP contribution in [0.5, 0.6) is 0 Å². The highest BCUT2D eigenvalue weighted by Crippen LogP contribution is 2.25. The standard InChI is InChI=1S/C23H27N3O4S/c1-16-13-19-8-6-10-21(23(19)24-14-16)31(28,29)26(11-12-30-4)15-22(27)25-20-9-5-7-17(2)18(20)3/h5-10,13-14H,11-12,15H2,1-4H3,(H,25,27). The van der Waals surface area contributed by atoms with Crippen molar-refractivity contribution >= 4 is 32.5 Å². The van der Waals surface area contributed by atoms with E-state index < -0.39 is 15.9 Å². The summed E-state index contributed by atoms with van der Waals surface area (Å²) in [4.78, 5) is 17.2. The van der Waals surface area contributed by atoms with Gasteiger partial charge in [0.1, 0.15) is 4.90 Å². The molecule has 0 spiro atoms. The van der Waals surface area contributed by atoms with Gasteiger partial charge >= 0.3 is 0 Å². The van der Waals surface area contributed by atoms with E-state index in [1.54, 1.807) is 18.3 Å². The van der Waals surface area contributed by atoms with Crippen LogP contribution >= 0.6 is 0 Å². The number of ether oxygens (including phenoxy) is 1. The number of nitrogens with zero attached hydrogens (tertiary/aromatic N) is 2. The number of anilines is 1. The molecule has 0 aliphatic rings. The lowest BCUT2D eigenvalue weighted by molar-refractivity contribution is -0.116. The van der Waals surface area contributed by atoms with Crippen LogP contribution in [0.15, 0.2) is 53.6 Å². The zero-order valence-corrected chi connectivity index (χ0v) is 19.0. The lowest BCUT2D eigenvalue weighted by atomic mass is 10.1. The minimum atomic E-state index is -3.99. The number of para-hydroxylation sites is 1. The van der Waals surface area contributed by atoms with Crippen molar-refractivity contribution < 1.29 is 17.9 Å². The van der Waals surface area contributed by atoms with Gasteiger partial charge in [-0.25, -0.2) is 8.42 Å². The quantitative estimate of drug-likeness (QED) is 0.579. The van der Waals surface area contributed by atoms with E-state index in [0.29, 0.717) is 11.2 Å². The van der Waals surface area contributed by atoms with Crippen LogP contribution in [0.25, 0.3) is 10.9 Å². The van der Waals surface area contributed by atoms with Crippen molar-refractivity contribution in [3.05, 3.63) is 65.4 Å². The van der Waals surface area contributed by atoms with Crippen molar-refractivity contribution in [2.24, 2.45) is 0 Å². The molecular weight excluding hydrogens is 414 g/mol. The fourth-order valence-electron chi connectivity index (χ4n) is 3.30. The molecule has 0 aliphatic carbocycles. The second kappa shape index (κ2) is 9.55. The molecule has 0 unspecified atom stereocenters. The maximum Gasteiger partial charge on any atom is 0.245 e. The number of carbonyl (C=O) groups is 1. The van der Waals surface area contributed by atoms with Gasteiger partial charge in [-0.15, -0.1) is 0 Å². The Morgan fingerprint density at radius 2 is 1.87 bits per heavy atom. The highest BCUT2D eigenvalue weighted by atomic mass is 32.2. The summed E-state index contributed by atoms with van der Waals surface area (Å²) >= 11 is 0. The van der Waals surface area contributed by atoms with Crippen LogP contribution in [0, 0.1) is 20.8 Å². The molecule has 3 rings (SSSR count). The van der Waals surface area contributed by atoms with Gasteiger partial charge in [-0.3, -0.25) is 9.78 Å². The van der Waals surface area contributed by atoms with Crippen LogP contribution in [-0.4, -0.2) is 50.4 Å². The molecule has 1 amide bonds. The van der Waals surface area contributed by atoms with Gasteiger partial charge in [-0.1, -0.05) is 24.3 Å². The van der Waals surface area contributed by atoms with Gasteiger partial charge in [0.05, 0.1) is 18.7 Å². The fourth-order valence-corrected chi connectivity index (χ4v) is 4.85. The van der Waals surface area contributed by atoms with Crippen LogP contribution in [0.2, 0.25) is 0 Å². The first-order valence-corrected chi connectivity index (χ1v) is 11.4. The zero-order valence-electron chi connectivity index (χ0n) is 18.2. The molecule has 0 aliphatic heterocycles. The number of pyridine rings is 1. The third-order valence-electron chi connectivity index (χ3n) is 5.17. The molecule has 0 saturated heterocycles. The Morgan fingerprint density at radius 3 is 2.61 bits per heavy atom. The van der Waals surface area contributed by atoms with Crippen molar-refractivity contribution in [2.75, 3.05) is 32.1 Å². The first-order valence-electron chi connectivity index (χ1n) is 9.94. The topological polar surface area (TPSA) is 88.6 Å². The minimum absolute atomic E-state index is 0.0430. The lowest BCUT2D eigenvalue weighted by Gasteiger charge is -2.22. The van der Waals surface area contributed by atoms with Gasteiger partial charge in [0.2, 0.25) is 15.9 Å². The minimum Gasteiger partial charge on any atom is -0.383 e. The van der Waals surface area contributed by atoms with Crippen LogP contribution < -0.4 is 5.32 Å². The lowest BCUT2D eigenvalue weighted by Crippen LogP contribution is -2.40. The second-order valence-corrected chi connectivity index (χ2v) is 9.37. The summed E-state index contributed by atoms with van der Waals surface area (Å²) in [7, 11) is -2.50. The van der Waals surface area contributed by atoms with Crippen molar-refractivity contribution in [2.45, 2.75) is 25.7 Å². The Labute approximate surface area is 183 Å². The van der Waals surface area contributed by atoms with E-state index in [2.05, 4.69) is 10.3 Å². The third-order valence-corrected chi connectivity index (χ3v) is 7.05. The molecule has 0 atom stereocenters. The van der Waals surface area contributed by atoms with E-state index in [4.69, 9.17) is 4.74 Å². The maximum absolute atomic E-state index is 13.5. The summed E-state index contributed by atoms with van der Waals surface area (Å²) in [5.41, 5.74) is 3.96. The normalized spacial score (nSPS) is 11.8. The van der Waals surface area contributed by atoms with Gasteiger partial charge in [-0.2, -0.15) is 4.31 Å². The second-order valence-electron chi connectivity index (χ2n) is 7.47. The fraction of sp³-hybridized carbons (Fsp3) is 0.304. The number of aromatic nitrogens is 1. The highest BCUT2D eigenvalue weighted by Gasteiger charge is 2.28. The summed E-state index contributed by atoms with van der Waals surface area (Å²) in [6, 6.07) is 12.5. The van der Waals surface area contributed by atoms with Crippen molar-refractivity contribution in [3.63, 3.8) is 0 Å². The zero-order chi connectivity index (χ0) is 22.6. The van der Waals surface area contributed by atoms with E-state index >= 15 is 0 Å². The predicted octanol–water partition coefficient (Wildman–Crippen LogP) is 3.44. The molecule has 2 aromatic carbocycles. The van der Waals surface area contributed by atoms with Crippen LogP contribution in [-0.2, 0) is 19.6 Å². The number of carbonyl (C=O) groups excluding carboxylic acids is 1. The number of nitrogens with one attached hydrogen (secondary N) is 1. The van der Waals surface area contributed by atoms with Gasteiger partial charge in [0.25, 0.3) is 0 Å². The molecule has 0 bridgehead atoms. The van der Waals surface area contributed by atoms with Crippen molar-refractivity contribution in [3.8, 4) is 0 Å². The van der Waals surface area contributed by atoms with Crippen LogP contribution in [0.4, 0.5) is 5.69 Å². The molecule has 0 fully saturated rings. The van der Waals surface area contributed by atoms with Gasteiger partial charge in [0.15, 0.2) is 0 Å². The summed E-state index contributed by atoms with van der Waals surface area (Å²) in [5.74, 6) is -0.419. The van der Waals surface area contributed by atoms with E-state index in [-0.39, 0.29) is 24.6 Å². The number of hydrogen-bond acceptors (Lipinski definition) is 5. The number of sulfonamides is 1. The average Bonchev–Trinajstić information content (AvgIpc) is 2.73. The van der Waals surface area contributed by atoms with E-state index in [1.165, 1.54) is 13.2 Å². The number of aryl methyl sites for hydroxylation is 2. The summed E-state index contributed by atoms with van der Waals surface area (Å²) in [6.07, 6.45) is 1.63. The first-order chi connectivity index (χ1) is 14.7. The maximum atomic E-state index is 13.5. The number of hydrogen-bond donors (Lipinski definition) is 1. The van der Waals surface area contributed by atoms with E-state index in [0.717, 1.165) is 26.4 Å². The SMILES string of the molecule is COCCN(CC(=O)Nc1cccc(C)c1C)S(=O)(=O)c1cccc2cc(C)cnc12. The van der Waals surface area contributed by atoms with Crippen LogP contribution in [0.3, 0.4) is 0 Å². The van der Waals surface area contributed by atoms with Gasteiger partial charge in [0, 0.05) is 30.9 Å². The Balaban J connectivity index is 1.93.